The van der Waals surface area contributed by atoms with E-state index in [1.807, 2.05) is 17.5 Å². The molecule has 0 unspecified atom stereocenters. The molecule has 0 saturated carbocycles. The van der Waals surface area contributed by atoms with Crippen LogP contribution in [0.1, 0.15) is 5.89 Å². The number of thiophene rings is 1. The van der Waals surface area contributed by atoms with Gasteiger partial charge in [-0.3, -0.25) is 0 Å². The van der Waals surface area contributed by atoms with Crippen molar-refractivity contribution >= 4 is 11.3 Å². The van der Waals surface area contributed by atoms with Crippen LogP contribution < -0.4 is 0 Å². The minimum atomic E-state index is 0.256. The molecule has 21 heavy (non-hydrogen) atoms. The Morgan fingerprint density at radius 3 is 2.95 bits per heavy atom. The molecule has 0 saturated heterocycles. The SMILES string of the molecule is c1coc(-c2nnc(Cn3nnc(-c4cccs4)n3)o2)c1. The molecule has 0 aliphatic heterocycles. The van der Waals surface area contributed by atoms with Crippen molar-refractivity contribution in [1.82, 2.24) is 30.4 Å². The monoisotopic (exact) mass is 300 g/mol. The number of tetrazole rings is 1. The first kappa shape index (κ1) is 12.0. The first-order valence-electron chi connectivity index (χ1n) is 6.06. The van der Waals surface area contributed by atoms with Crippen LogP contribution >= 0.6 is 11.3 Å². The van der Waals surface area contributed by atoms with Gasteiger partial charge in [-0.2, -0.15) is 4.80 Å². The van der Waals surface area contributed by atoms with Crippen molar-refractivity contribution in [3.05, 3.63) is 41.8 Å². The zero-order valence-electron chi connectivity index (χ0n) is 10.6. The molecule has 4 heterocycles. The summed E-state index contributed by atoms with van der Waals surface area (Å²) in [5.41, 5.74) is 0. The topological polar surface area (TPSA) is 95.7 Å². The van der Waals surface area contributed by atoms with E-state index >= 15 is 0 Å². The Balaban J connectivity index is 1.54. The Morgan fingerprint density at radius 1 is 1.14 bits per heavy atom. The summed E-state index contributed by atoms with van der Waals surface area (Å²) in [5.74, 6) is 1.82. The van der Waals surface area contributed by atoms with E-state index in [9.17, 15) is 0 Å². The minimum absolute atomic E-state index is 0.256. The van der Waals surface area contributed by atoms with E-state index in [2.05, 4.69) is 25.6 Å². The molecule has 0 spiro atoms. The van der Waals surface area contributed by atoms with Crippen molar-refractivity contribution in [2.24, 2.45) is 0 Å². The van der Waals surface area contributed by atoms with Gasteiger partial charge in [0.05, 0.1) is 11.1 Å². The van der Waals surface area contributed by atoms with E-state index in [0.717, 1.165) is 4.88 Å². The van der Waals surface area contributed by atoms with Crippen LogP contribution in [0.2, 0.25) is 0 Å². The summed E-state index contributed by atoms with van der Waals surface area (Å²) < 4.78 is 10.7. The van der Waals surface area contributed by atoms with E-state index in [1.54, 1.807) is 29.7 Å². The molecule has 0 fully saturated rings. The Bertz CT molecular complexity index is 763. The van der Waals surface area contributed by atoms with Crippen molar-refractivity contribution in [1.29, 1.82) is 0 Å². The zero-order valence-corrected chi connectivity index (χ0v) is 11.4. The lowest BCUT2D eigenvalue weighted by atomic mass is 10.4. The first-order chi connectivity index (χ1) is 10.4. The van der Waals surface area contributed by atoms with Crippen LogP contribution in [0.15, 0.2) is 44.7 Å². The molecule has 104 valence electrons. The third-order valence-corrected chi connectivity index (χ3v) is 3.54. The quantitative estimate of drug-likeness (QED) is 0.569. The van der Waals surface area contributed by atoms with E-state index in [4.69, 9.17) is 8.83 Å². The summed E-state index contributed by atoms with van der Waals surface area (Å²) in [7, 11) is 0. The first-order valence-corrected chi connectivity index (χ1v) is 6.94. The predicted molar refractivity (Wildman–Crippen MR) is 72.2 cm³/mol. The average molecular weight is 300 g/mol. The van der Waals surface area contributed by atoms with E-state index in [1.165, 1.54) is 4.80 Å². The van der Waals surface area contributed by atoms with Crippen LogP contribution in [0.4, 0.5) is 0 Å². The summed E-state index contributed by atoms with van der Waals surface area (Å²) in [6, 6.07) is 7.38. The van der Waals surface area contributed by atoms with Gasteiger partial charge in [0.15, 0.2) is 5.76 Å². The molecule has 8 nitrogen and oxygen atoms in total. The van der Waals surface area contributed by atoms with E-state index in [-0.39, 0.29) is 6.54 Å². The standard InChI is InChI=1S/C12H8N6O2S/c1-3-8(19-5-1)12-15-13-10(20-12)7-18-16-11(14-17-18)9-4-2-6-21-9/h1-6H,7H2. The van der Waals surface area contributed by atoms with Crippen molar-refractivity contribution in [3.8, 4) is 22.4 Å². The van der Waals surface area contributed by atoms with Crippen LogP contribution in [0.3, 0.4) is 0 Å². The average Bonchev–Trinajstić information content (AvgIpc) is 3.28. The van der Waals surface area contributed by atoms with Gasteiger partial charge >= 0.3 is 0 Å². The van der Waals surface area contributed by atoms with Gasteiger partial charge in [0.25, 0.3) is 5.89 Å². The van der Waals surface area contributed by atoms with Crippen LogP contribution in [-0.4, -0.2) is 30.4 Å². The van der Waals surface area contributed by atoms with Crippen LogP contribution in [0.25, 0.3) is 22.4 Å². The molecule has 0 amide bonds. The summed E-state index contributed by atoms with van der Waals surface area (Å²) in [5, 5.41) is 22.1. The van der Waals surface area contributed by atoms with Crippen LogP contribution in [-0.2, 0) is 6.54 Å². The normalized spacial score (nSPS) is 11.0. The molecule has 4 aromatic heterocycles. The number of hydrogen-bond donors (Lipinski definition) is 0. The maximum Gasteiger partial charge on any atom is 0.283 e. The number of aromatic nitrogens is 6. The highest BCUT2D eigenvalue weighted by Crippen LogP contribution is 2.20. The third-order valence-electron chi connectivity index (χ3n) is 2.67. The molecule has 0 aromatic carbocycles. The number of rotatable bonds is 4. The fraction of sp³-hybridized carbons (Fsp3) is 0.0833. The highest BCUT2D eigenvalue weighted by Gasteiger charge is 2.13. The Morgan fingerprint density at radius 2 is 2.14 bits per heavy atom. The van der Waals surface area contributed by atoms with Gasteiger partial charge in [0, 0.05) is 0 Å². The lowest BCUT2D eigenvalue weighted by molar-refractivity contribution is 0.436. The fourth-order valence-corrected chi connectivity index (χ4v) is 2.40. The maximum atomic E-state index is 5.49. The van der Waals surface area contributed by atoms with Gasteiger partial charge in [0.1, 0.15) is 6.54 Å². The van der Waals surface area contributed by atoms with Gasteiger partial charge in [-0.05, 0) is 28.8 Å². The lowest BCUT2D eigenvalue weighted by Gasteiger charge is -1.91. The van der Waals surface area contributed by atoms with Crippen LogP contribution in [0.5, 0.6) is 0 Å². The number of nitrogens with zero attached hydrogens (tertiary/aromatic N) is 6. The molecule has 0 radical (unpaired) electrons. The second kappa shape index (κ2) is 4.94. The van der Waals surface area contributed by atoms with E-state index in [0.29, 0.717) is 23.4 Å². The zero-order chi connectivity index (χ0) is 14.1. The van der Waals surface area contributed by atoms with Gasteiger partial charge in [-0.1, -0.05) is 6.07 Å². The van der Waals surface area contributed by atoms with Crippen molar-refractivity contribution in [2.75, 3.05) is 0 Å². The Hall–Kier alpha value is -2.81. The highest BCUT2D eigenvalue weighted by atomic mass is 32.1. The summed E-state index contributed by atoms with van der Waals surface area (Å²) in [4.78, 5) is 2.37. The molecule has 0 bridgehead atoms. The summed E-state index contributed by atoms with van der Waals surface area (Å²) in [6.07, 6.45) is 1.55. The van der Waals surface area contributed by atoms with Crippen molar-refractivity contribution in [3.63, 3.8) is 0 Å². The van der Waals surface area contributed by atoms with Crippen molar-refractivity contribution in [2.45, 2.75) is 6.54 Å². The minimum Gasteiger partial charge on any atom is -0.459 e. The molecule has 9 heteroatoms. The van der Waals surface area contributed by atoms with Gasteiger partial charge in [-0.15, -0.1) is 31.7 Å². The number of hydrogen-bond acceptors (Lipinski definition) is 8. The van der Waals surface area contributed by atoms with E-state index < -0.39 is 0 Å². The molecule has 0 aliphatic carbocycles. The summed E-state index contributed by atoms with van der Waals surface area (Å²) >= 11 is 1.56. The molecule has 4 aromatic rings. The lowest BCUT2D eigenvalue weighted by Crippen LogP contribution is -2.04. The third kappa shape index (κ3) is 2.34. The molecule has 0 atom stereocenters. The Kier molecular flexibility index (Phi) is 2.82. The molecule has 0 aliphatic rings. The molecule has 4 rings (SSSR count). The molecular weight excluding hydrogens is 292 g/mol. The Labute approximate surface area is 122 Å². The second-order valence-corrected chi connectivity index (χ2v) is 5.05. The highest BCUT2D eigenvalue weighted by molar-refractivity contribution is 7.13. The van der Waals surface area contributed by atoms with Crippen LogP contribution in [0, 0.1) is 0 Å². The fourth-order valence-electron chi connectivity index (χ4n) is 1.75. The smallest absolute Gasteiger partial charge is 0.283 e. The maximum absolute atomic E-state index is 5.49. The van der Waals surface area contributed by atoms with Gasteiger partial charge in [0.2, 0.25) is 11.7 Å². The molecule has 0 N–H and O–H groups in total. The number of furan rings is 1. The summed E-state index contributed by atoms with van der Waals surface area (Å²) in [6.45, 7) is 0.256. The van der Waals surface area contributed by atoms with Gasteiger partial charge in [-0.25, -0.2) is 0 Å². The van der Waals surface area contributed by atoms with Gasteiger partial charge < -0.3 is 8.83 Å². The predicted octanol–water partition coefficient (Wildman–Crippen LogP) is 2.09. The molecular formula is C12H8N6O2S. The van der Waals surface area contributed by atoms with Crippen molar-refractivity contribution < 1.29 is 8.83 Å². The largest absolute Gasteiger partial charge is 0.459 e. The second-order valence-electron chi connectivity index (χ2n) is 4.10.